The third-order valence-electron chi connectivity index (χ3n) is 4.51. The standard InChI is InChI=1S/C19H21BrF2N2O/c1-25-18-6-5-14(11-17(18)21)12-23-7-9-24(10-8-23)13-15-3-2-4-16(20)19(15)22/h2-6,11H,7-10,12-13H2,1H3. The number of methoxy groups -OCH3 is 1. The van der Waals surface area contributed by atoms with Crippen molar-refractivity contribution in [2.24, 2.45) is 0 Å². The molecule has 0 aromatic heterocycles. The first-order chi connectivity index (χ1) is 12.1. The van der Waals surface area contributed by atoms with Crippen molar-refractivity contribution in [3.8, 4) is 5.75 Å². The van der Waals surface area contributed by atoms with Gasteiger partial charge in [0.05, 0.1) is 11.6 Å². The first-order valence-electron chi connectivity index (χ1n) is 8.27. The summed E-state index contributed by atoms with van der Waals surface area (Å²) in [5.74, 6) is -0.243. The summed E-state index contributed by atoms with van der Waals surface area (Å²) < 4.78 is 33.3. The van der Waals surface area contributed by atoms with Crippen LogP contribution in [0.4, 0.5) is 8.78 Å². The Morgan fingerprint density at radius 3 is 2.32 bits per heavy atom. The number of hydrogen-bond donors (Lipinski definition) is 0. The van der Waals surface area contributed by atoms with Crippen molar-refractivity contribution < 1.29 is 13.5 Å². The molecule has 1 heterocycles. The number of ether oxygens (including phenoxy) is 1. The van der Waals surface area contributed by atoms with E-state index in [1.165, 1.54) is 13.2 Å². The van der Waals surface area contributed by atoms with Crippen molar-refractivity contribution >= 4 is 15.9 Å². The van der Waals surface area contributed by atoms with E-state index in [0.717, 1.165) is 31.7 Å². The highest BCUT2D eigenvalue weighted by molar-refractivity contribution is 9.10. The average Bonchev–Trinajstić information content (AvgIpc) is 2.61. The molecule has 1 saturated heterocycles. The average molecular weight is 411 g/mol. The fraction of sp³-hybridized carbons (Fsp3) is 0.368. The number of piperazine rings is 1. The topological polar surface area (TPSA) is 15.7 Å². The molecule has 0 N–H and O–H groups in total. The van der Waals surface area contributed by atoms with Gasteiger partial charge >= 0.3 is 0 Å². The van der Waals surface area contributed by atoms with E-state index >= 15 is 0 Å². The Morgan fingerprint density at radius 2 is 1.68 bits per heavy atom. The van der Waals surface area contributed by atoms with Gasteiger partial charge in [-0.15, -0.1) is 0 Å². The number of rotatable bonds is 5. The molecule has 0 amide bonds. The molecule has 6 heteroatoms. The van der Waals surface area contributed by atoms with Crippen LogP contribution >= 0.6 is 15.9 Å². The molecule has 0 unspecified atom stereocenters. The van der Waals surface area contributed by atoms with Gasteiger partial charge in [0.15, 0.2) is 11.6 Å². The van der Waals surface area contributed by atoms with Gasteiger partial charge in [-0.05, 0) is 39.7 Å². The lowest BCUT2D eigenvalue weighted by Gasteiger charge is -2.34. The summed E-state index contributed by atoms with van der Waals surface area (Å²) in [5, 5.41) is 0. The Kier molecular flexibility index (Phi) is 6.04. The smallest absolute Gasteiger partial charge is 0.165 e. The highest BCUT2D eigenvalue weighted by Gasteiger charge is 2.19. The Labute approximate surface area is 155 Å². The van der Waals surface area contributed by atoms with Crippen molar-refractivity contribution in [3.63, 3.8) is 0 Å². The quantitative estimate of drug-likeness (QED) is 0.739. The van der Waals surface area contributed by atoms with Crippen LogP contribution in [0.5, 0.6) is 5.75 Å². The largest absolute Gasteiger partial charge is 0.494 e. The van der Waals surface area contributed by atoms with Gasteiger partial charge in [-0.3, -0.25) is 9.80 Å². The predicted molar refractivity (Wildman–Crippen MR) is 97.6 cm³/mol. The molecule has 25 heavy (non-hydrogen) atoms. The van der Waals surface area contributed by atoms with Crippen LogP contribution in [0, 0.1) is 11.6 Å². The summed E-state index contributed by atoms with van der Waals surface area (Å²) >= 11 is 3.23. The zero-order valence-corrected chi connectivity index (χ0v) is 15.7. The van der Waals surface area contributed by atoms with E-state index in [4.69, 9.17) is 4.74 Å². The molecule has 134 valence electrons. The molecule has 0 radical (unpaired) electrons. The summed E-state index contributed by atoms with van der Waals surface area (Å²) in [5.41, 5.74) is 1.64. The second-order valence-corrected chi connectivity index (χ2v) is 7.09. The fourth-order valence-corrected chi connectivity index (χ4v) is 3.49. The van der Waals surface area contributed by atoms with Gasteiger partial charge < -0.3 is 4.74 Å². The van der Waals surface area contributed by atoms with E-state index in [-0.39, 0.29) is 17.4 Å². The molecule has 2 aromatic rings. The van der Waals surface area contributed by atoms with Crippen molar-refractivity contribution in [2.45, 2.75) is 13.1 Å². The van der Waals surface area contributed by atoms with E-state index in [0.29, 0.717) is 23.1 Å². The lowest BCUT2D eigenvalue weighted by molar-refractivity contribution is 0.121. The van der Waals surface area contributed by atoms with Crippen LogP contribution in [0.1, 0.15) is 11.1 Å². The van der Waals surface area contributed by atoms with Crippen LogP contribution in [-0.4, -0.2) is 43.1 Å². The second kappa shape index (κ2) is 8.25. The molecule has 1 aliphatic rings. The first-order valence-corrected chi connectivity index (χ1v) is 9.06. The van der Waals surface area contributed by atoms with E-state index in [2.05, 4.69) is 25.7 Å². The monoisotopic (exact) mass is 410 g/mol. The Balaban J connectivity index is 1.53. The molecule has 0 spiro atoms. The maximum atomic E-state index is 14.1. The van der Waals surface area contributed by atoms with Crippen LogP contribution in [0.25, 0.3) is 0 Å². The molecular formula is C19H21BrF2N2O. The van der Waals surface area contributed by atoms with Crippen molar-refractivity contribution in [2.75, 3.05) is 33.3 Å². The minimum atomic E-state index is -0.330. The van der Waals surface area contributed by atoms with Crippen molar-refractivity contribution in [3.05, 3.63) is 63.6 Å². The zero-order chi connectivity index (χ0) is 17.8. The van der Waals surface area contributed by atoms with E-state index < -0.39 is 0 Å². The lowest BCUT2D eigenvalue weighted by atomic mass is 10.1. The van der Waals surface area contributed by atoms with Gasteiger partial charge in [0.2, 0.25) is 0 Å². The zero-order valence-electron chi connectivity index (χ0n) is 14.1. The lowest BCUT2D eigenvalue weighted by Crippen LogP contribution is -2.45. The molecule has 0 aliphatic carbocycles. The Bertz CT molecular complexity index is 733. The maximum absolute atomic E-state index is 14.1. The van der Waals surface area contributed by atoms with Gasteiger partial charge in [0.1, 0.15) is 5.82 Å². The number of hydrogen-bond acceptors (Lipinski definition) is 3. The normalized spacial score (nSPS) is 16.2. The maximum Gasteiger partial charge on any atom is 0.165 e. The van der Waals surface area contributed by atoms with Crippen molar-refractivity contribution in [1.29, 1.82) is 0 Å². The molecule has 3 nitrogen and oxygen atoms in total. The Morgan fingerprint density at radius 1 is 1.00 bits per heavy atom. The van der Waals surface area contributed by atoms with Crippen molar-refractivity contribution in [1.82, 2.24) is 9.80 Å². The van der Waals surface area contributed by atoms with Crippen LogP contribution in [-0.2, 0) is 13.1 Å². The molecular weight excluding hydrogens is 390 g/mol. The van der Waals surface area contributed by atoms with Crippen LogP contribution in [0.15, 0.2) is 40.9 Å². The van der Waals surface area contributed by atoms with Gasteiger partial charge in [0, 0.05) is 44.8 Å². The van der Waals surface area contributed by atoms with E-state index in [9.17, 15) is 8.78 Å². The highest BCUT2D eigenvalue weighted by Crippen LogP contribution is 2.21. The van der Waals surface area contributed by atoms with Gasteiger partial charge in [0.25, 0.3) is 0 Å². The summed E-state index contributed by atoms with van der Waals surface area (Å²) in [6.45, 7) is 4.80. The summed E-state index contributed by atoms with van der Waals surface area (Å²) in [7, 11) is 1.46. The van der Waals surface area contributed by atoms with Gasteiger partial charge in [-0.25, -0.2) is 8.78 Å². The Hall–Kier alpha value is -1.50. The third kappa shape index (κ3) is 4.57. The molecule has 2 aromatic carbocycles. The van der Waals surface area contributed by atoms with Gasteiger partial charge in [-0.1, -0.05) is 18.2 Å². The summed E-state index contributed by atoms with van der Waals surface area (Å²) in [4.78, 5) is 4.53. The molecule has 3 rings (SSSR count). The molecule has 0 atom stereocenters. The molecule has 0 bridgehead atoms. The highest BCUT2D eigenvalue weighted by atomic mass is 79.9. The van der Waals surface area contributed by atoms with Gasteiger partial charge in [-0.2, -0.15) is 0 Å². The number of nitrogens with zero attached hydrogens (tertiary/aromatic N) is 2. The SMILES string of the molecule is COc1ccc(CN2CCN(Cc3cccc(Br)c3F)CC2)cc1F. The van der Waals surface area contributed by atoms with E-state index in [1.54, 1.807) is 12.1 Å². The summed E-state index contributed by atoms with van der Waals surface area (Å²) in [6.07, 6.45) is 0. The van der Waals surface area contributed by atoms with E-state index in [1.807, 2.05) is 18.2 Å². The predicted octanol–water partition coefficient (Wildman–Crippen LogP) is 4.05. The first kappa shape index (κ1) is 18.3. The minimum Gasteiger partial charge on any atom is -0.494 e. The molecule has 1 fully saturated rings. The van der Waals surface area contributed by atoms with Crippen LogP contribution < -0.4 is 4.74 Å². The minimum absolute atomic E-state index is 0.182. The van der Waals surface area contributed by atoms with Crippen LogP contribution in [0.3, 0.4) is 0 Å². The number of benzene rings is 2. The summed E-state index contributed by atoms with van der Waals surface area (Å²) in [6, 6.07) is 10.5. The molecule has 1 aliphatic heterocycles. The van der Waals surface area contributed by atoms with Crippen LogP contribution in [0.2, 0.25) is 0 Å². The third-order valence-corrected chi connectivity index (χ3v) is 5.13. The molecule has 0 saturated carbocycles. The second-order valence-electron chi connectivity index (χ2n) is 6.23. The number of halogens is 3. The fourth-order valence-electron chi connectivity index (χ4n) is 3.08.